The molecule has 1 unspecified atom stereocenters. The van der Waals surface area contributed by atoms with Crippen LogP contribution in [0.4, 0.5) is 0 Å². The minimum Gasteiger partial charge on any atom is -0.327 e. The summed E-state index contributed by atoms with van der Waals surface area (Å²) in [4.78, 5) is 2.44. The fourth-order valence-corrected chi connectivity index (χ4v) is 2.03. The van der Waals surface area contributed by atoms with Gasteiger partial charge in [-0.1, -0.05) is 20.3 Å². The first kappa shape index (κ1) is 11.0. The van der Waals surface area contributed by atoms with E-state index >= 15 is 0 Å². The topological polar surface area (TPSA) is 29.3 Å². The average Bonchev–Trinajstić information content (AvgIpc) is 1.78. The summed E-state index contributed by atoms with van der Waals surface area (Å²) >= 11 is 0. The number of nitrogens with zero attached hydrogens (tertiary/aromatic N) is 1. The summed E-state index contributed by atoms with van der Waals surface area (Å²) in [7, 11) is 2.21. The van der Waals surface area contributed by atoms with E-state index in [0.717, 1.165) is 24.9 Å². The highest BCUT2D eigenvalue weighted by Gasteiger charge is 2.23. The quantitative estimate of drug-likeness (QED) is 0.706. The Morgan fingerprint density at radius 2 is 2.00 bits per heavy atom. The summed E-state index contributed by atoms with van der Waals surface area (Å²) in [5.41, 5.74) is 6.05. The molecule has 0 heterocycles. The summed E-state index contributed by atoms with van der Waals surface area (Å²) < 4.78 is 0. The van der Waals surface area contributed by atoms with Gasteiger partial charge in [0.25, 0.3) is 0 Å². The van der Waals surface area contributed by atoms with Crippen molar-refractivity contribution >= 4 is 0 Å². The number of nitrogens with two attached hydrogens (primary N) is 1. The molecule has 2 heteroatoms. The van der Waals surface area contributed by atoms with Gasteiger partial charge in [0.2, 0.25) is 0 Å². The fourth-order valence-electron chi connectivity index (χ4n) is 2.03. The number of rotatable bonds is 5. The van der Waals surface area contributed by atoms with E-state index < -0.39 is 0 Å². The van der Waals surface area contributed by atoms with E-state index in [1.54, 1.807) is 0 Å². The van der Waals surface area contributed by atoms with Gasteiger partial charge >= 0.3 is 0 Å². The SMILES string of the molecule is CC(C)CC(N)CN(C)C1CCC1. The van der Waals surface area contributed by atoms with E-state index in [2.05, 4.69) is 25.8 Å². The molecule has 0 radical (unpaired) electrons. The van der Waals surface area contributed by atoms with E-state index in [1.807, 2.05) is 0 Å². The van der Waals surface area contributed by atoms with Crippen LogP contribution in [0.1, 0.15) is 39.5 Å². The molecule has 13 heavy (non-hydrogen) atoms. The minimum atomic E-state index is 0.366. The minimum absolute atomic E-state index is 0.366. The third-order valence-corrected chi connectivity index (χ3v) is 2.99. The molecule has 0 saturated heterocycles. The molecule has 78 valence electrons. The van der Waals surface area contributed by atoms with Crippen LogP contribution in [0, 0.1) is 5.92 Å². The molecule has 2 nitrogen and oxygen atoms in total. The zero-order chi connectivity index (χ0) is 9.84. The summed E-state index contributed by atoms with van der Waals surface area (Å²) in [5.74, 6) is 0.727. The van der Waals surface area contributed by atoms with Crippen LogP contribution in [-0.4, -0.2) is 30.6 Å². The molecule has 1 aliphatic carbocycles. The predicted molar refractivity (Wildman–Crippen MR) is 57.7 cm³/mol. The zero-order valence-electron chi connectivity index (χ0n) is 9.29. The molecule has 0 aromatic rings. The molecule has 2 N–H and O–H groups in total. The third-order valence-electron chi connectivity index (χ3n) is 2.99. The first-order chi connectivity index (χ1) is 6.09. The van der Waals surface area contributed by atoms with E-state index in [4.69, 9.17) is 5.73 Å². The molecular formula is C11H24N2. The first-order valence-corrected chi connectivity index (χ1v) is 5.55. The van der Waals surface area contributed by atoms with Crippen molar-refractivity contribution in [2.45, 2.75) is 51.6 Å². The molecule has 0 spiro atoms. The predicted octanol–water partition coefficient (Wildman–Crippen LogP) is 1.84. The van der Waals surface area contributed by atoms with Crippen LogP contribution >= 0.6 is 0 Å². The Balaban J connectivity index is 2.14. The van der Waals surface area contributed by atoms with E-state index in [1.165, 1.54) is 19.3 Å². The molecular weight excluding hydrogens is 160 g/mol. The van der Waals surface area contributed by atoms with E-state index in [0.29, 0.717) is 6.04 Å². The molecule has 1 aliphatic rings. The highest BCUT2D eigenvalue weighted by molar-refractivity contribution is 4.80. The zero-order valence-corrected chi connectivity index (χ0v) is 9.29. The Morgan fingerprint density at radius 3 is 2.38 bits per heavy atom. The lowest BCUT2D eigenvalue weighted by molar-refractivity contribution is 0.148. The van der Waals surface area contributed by atoms with Crippen molar-refractivity contribution in [3.05, 3.63) is 0 Å². The van der Waals surface area contributed by atoms with Gasteiger partial charge in [-0.05, 0) is 32.2 Å². The summed E-state index contributed by atoms with van der Waals surface area (Å²) in [6.07, 6.45) is 5.32. The van der Waals surface area contributed by atoms with Gasteiger partial charge in [-0.2, -0.15) is 0 Å². The van der Waals surface area contributed by atoms with Gasteiger partial charge in [-0.25, -0.2) is 0 Å². The fraction of sp³-hybridized carbons (Fsp3) is 1.00. The lowest BCUT2D eigenvalue weighted by Crippen LogP contribution is -2.44. The van der Waals surface area contributed by atoms with Gasteiger partial charge in [0.15, 0.2) is 0 Å². The van der Waals surface area contributed by atoms with Gasteiger partial charge in [-0.3, -0.25) is 0 Å². The van der Waals surface area contributed by atoms with Gasteiger partial charge in [0.1, 0.15) is 0 Å². The largest absolute Gasteiger partial charge is 0.327 e. The Kier molecular flexibility index (Phi) is 4.20. The lowest BCUT2D eigenvalue weighted by atomic mass is 9.91. The maximum atomic E-state index is 6.05. The molecule has 0 bridgehead atoms. The van der Waals surface area contributed by atoms with E-state index in [-0.39, 0.29) is 0 Å². The highest BCUT2D eigenvalue weighted by Crippen LogP contribution is 2.23. The monoisotopic (exact) mass is 184 g/mol. The maximum absolute atomic E-state index is 6.05. The summed E-state index contributed by atoms with van der Waals surface area (Å²) in [6, 6.07) is 1.20. The van der Waals surface area contributed by atoms with Crippen LogP contribution in [-0.2, 0) is 0 Å². The Bertz CT molecular complexity index is 141. The lowest BCUT2D eigenvalue weighted by Gasteiger charge is -2.36. The van der Waals surface area contributed by atoms with Crippen LogP contribution in [0.25, 0.3) is 0 Å². The molecule has 0 aliphatic heterocycles. The molecule has 1 rings (SSSR count). The molecule has 0 amide bonds. The third kappa shape index (κ3) is 3.65. The average molecular weight is 184 g/mol. The van der Waals surface area contributed by atoms with Crippen LogP contribution in [0.2, 0.25) is 0 Å². The Morgan fingerprint density at radius 1 is 1.38 bits per heavy atom. The van der Waals surface area contributed by atoms with Crippen LogP contribution in [0.5, 0.6) is 0 Å². The standard InChI is InChI=1S/C11H24N2/c1-9(2)7-10(12)8-13(3)11-5-4-6-11/h9-11H,4-8,12H2,1-3H3. The second-order valence-electron chi connectivity index (χ2n) is 4.91. The molecule has 1 saturated carbocycles. The molecule has 1 atom stereocenters. The van der Waals surface area contributed by atoms with Crippen molar-refractivity contribution in [1.82, 2.24) is 4.90 Å². The summed E-state index contributed by atoms with van der Waals surface area (Å²) in [5, 5.41) is 0. The van der Waals surface area contributed by atoms with Crippen molar-refractivity contribution in [2.24, 2.45) is 11.7 Å². The second-order valence-corrected chi connectivity index (χ2v) is 4.91. The van der Waals surface area contributed by atoms with E-state index in [9.17, 15) is 0 Å². The number of hydrogen-bond donors (Lipinski definition) is 1. The first-order valence-electron chi connectivity index (χ1n) is 5.55. The smallest absolute Gasteiger partial charge is 0.0170 e. The van der Waals surface area contributed by atoms with Crippen molar-refractivity contribution in [1.29, 1.82) is 0 Å². The van der Waals surface area contributed by atoms with Crippen molar-refractivity contribution in [3.63, 3.8) is 0 Å². The normalized spacial score (nSPS) is 20.8. The Hall–Kier alpha value is -0.0800. The number of hydrogen-bond acceptors (Lipinski definition) is 2. The van der Waals surface area contributed by atoms with Crippen molar-refractivity contribution in [2.75, 3.05) is 13.6 Å². The van der Waals surface area contributed by atoms with Crippen molar-refractivity contribution in [3.8, 4) is 0 Å². The van der Waals surface area contributed by atoms with Gasteiger partial charge in [0, 0.05) is 18.6 Å². The van der Waals surface area contributed by atoms with Gasteiger partial charge in [-0.15, -0.1) is 0 Å². The number of likely N-dealkylation sites (N-methyl/N-ethyl adjacent to an activating group) is 1. The second kappa shape index (κ2) is 4.97. The van der Waals surface area contributed by atoms with Crippen LogP contribution in [0.3, 0.4) is 0 Å². The molecule has 0 aromatic heterocycles. The summed E-state index contributed by atoms with van der Waals surface area (Å²) in [6.45, 7) is 5.55. The molecule has 1 fully saturated rings. The van der Waals surface area contributed by atoms with Crippen LogP contribution < -0.4 is 5.73 Å². The highest BCUT2D eigenvalue weighted by atomic mass is 15.1. The van der Waals surface area contributed by atoms with Gasteiger partial charge in [0.05, 0.1) is 0 Å². The Labute approximate surface area is 82.5 Å². The van der Waals surface area contributed by atoms with Gasteiger partial charge < -0.3 is 10.6 Å². The van der Waals surface area contributed by atoms with Crippen LogP contribution in [0.15, 0.2) is 0 Å². The molecule has 0 aromatic carbocycles. The maximum Gasteiger partial charge on any atom is 0.0170 e. The van der Waals surface area contributed by atoms with Crippen molar-refractivity contribution < 1.29 is 0 Å².